The number of rotatable bonds is 3. The van der Waals surface area contributed by atoms with Crippen molar-refractivity contribution in [3.8, 4) is 0 Å². The van der Waals surface area contributed by atoms with Crippen LogP contribution >= 0.6 is 0 Å². The van der Waals surface area contributed by atoms with Crippen LogP contribution in [0.2, 0.25) is 0 Å². The number of nitrogens with one attached hydrogen (secondary N) is 1. The summed E-state index contributed by atoms with van der Waals surface area (Å²) < 4.78 is 11.0. The minimum Gasteiger partial charge on any atom is -0.384 e. The fourth-order valence-electron chi connectivity index (χ4n) is 3.12. The topological polar surface area (TPSA) is 50.8 Å². The van der Waals surface area contributed by atoms with Gasteiger partial charge in [0.1, 0.15) is 0 Å². The monoisotopic (exact) mass is 270 g/mol. The number of methoxy groups -OCH3 is 1. The molecule has 0 aliphatic carbocycles. The van der Waals surface area contributed by atoms with E-state index in [0.29, 0.717) is 13.2 Å². The number of ether oxygens (including phenoxy) is 2. The van der Waals surface area contributed by atoms with Crippen LogP contribution in [0.5, 0.6) is 0 Å². The average molecular weight is 270 g/mol. The zero-order valence-corrected chi connectivity index (χ0v) is 12.1. The molecule has 0 aromatic carbocycles. The summed E-state index contributed by atoms with van der Waals surface area (Å²) in [6, 6.07) is 0. The predicted octanol–water partition coefficient (Wildman–Crippen LogP) is 0.640. The molecule has 110 valence electrons. The van der Waals surface area contributed by atoms with Gasteiger partial charge in [0.05, 0.1) is 18.1 Å². The summed E-state index contributed by atoms with van der Waals surface area (Å²) in [5.74, 6) is 0.258. The van der Waals surface area contributed by atoms with E-state index in [0.717, 1.165) is 45.5 Å². The lowest BCUT2D eigenvalue weighted by Crippen LogP contribution is -2.52. The normalized spacial score (nSPS) is 27.9. The molecule has 5 nitrogen and oxygen atoms in total. The van der Waals surface area contributed by atoms with Crippen LogP contribution in [0.25, 0.3) is 0 Å². The van der Waals surface area contributed by atoms with Crippen LogP contribution in [0, 0.1) is 5.41 Å². The minimum absolute atomic E-state index is 0.132. The van der Waals surface area contributed by atoms with E-state index in [1.54, 1.807) is 7.11 Å². The zero-order valence-electron chi connectivity index (χ0n) is 12.1. The Morgan fingerprint density at radius 2 is 2.21 bits per heavy atom. The number of nitrogens with zero attached hydrogens (tertiary/aromatic N) is 1. The first-order valence-electron chi connectivity index (χ1n) is 7.28. The Morgan fingerprint density at radius 3 is 2.89 bits per heavy atom. The third-order valence-electron chi connectivity index (χ3n) is 4.17. The summed E-state index contributed by atoms with van der Waals surface area (Å²) in [5, 5.41) is 3.33. The first-order chi connectivity index (χ1) is 9.18. The molecule has 0 bridgehead atoms. The van der Waals surface area contributed by atoms with Crippen LogP contribution in [0.3, 0.4) is 0 Å². The van der Waals surface area contributed by atoms with Gasteiger partial charge in [0.2, 0.25) is 5.91 Å². The quantitative estimate of drug-likeness (QED) is 0.818. The molecule has 1 atom stereocenters. The van der Waals surface area contributed by atoms with Crippen molar-refractivity contribution in [1.29, 1.82) is 0 Å². The number of carbonyl (C=O) groups excluding carboxylic acids is 1. The summed E-state index contributed by atoms with van der Waals surface area (Å²) in [6.45, 7) is 6.63. The highest BCUT2D eigenvalue weighted by atomic mass is 16.5. The average Bonchev–Trinajstić information content (AvgIpc) is 2.64. The lowest BCUT2D eigenvalue weighted by atomic mass is 9.78. The first-order valence-corrected chi connectivity index (χ1v) is 7.28. The number of piperidine rings is 1. The molecule has 2 saturated heterocycles. The number of hydrogen-bond donors (Lipinski definition) is 1. The molecule has 2 heterocycles. The van der Waals surface area contributed by atoms with Gasteiger partial charge < -0.3 is 19.7 Å². The maximum atomic E-state index is 12.9. The molecule has 19 heavy (non-hydrogen) atoms. The van der Waals surface area contributed by atoms with Gasteiger partial charge in [-0.1, -0.05) is 0 Å². The van der Waals surface area contributed by atoms with E-state index in [2.05, 4.69) is 5.32 Å². The van der Waals surface area contributed by atoms with Gasteiger partial charge in [-0.2, -0.15) is 0 Å². The minimum atomic E-state index is -0.329. The number of hydrogen-bond acceptors (Lipinski definition) is 4. The molecule has 1 amide bonds. The molecule has 2 rings (SSSR count). The largest absolute Gasteiger partial charge is 0.384 e. The van der Waals surface area contributed by atoms with Gasteiger partial charge >= 0.3 is 0 Å². The Morgan fingerprint density at radius 1 is 1.47 bits per heavy atom. The van der Waals surface area contributed by atoms with Crippen molar-refractivity contribution in [3.05, 3.63) is 0 Å². The van der Waals surface area contributed by atoms with E-state index in [1.165, 1.54) is 0 Å². The van der Waals surface area contributed by atoms with Crippen molar-refractivity contribution in [2.24, 2.45) is 5.41 Å². The Hall–Kier alpha value is -0.650. The standard InChI is InChI=1S/C14H26N2O3/c1-12-10-16(8-3-9-19-12)13(17)14(11-18-2)4-6-15-7-5-14/h12,15H,3-11H2,1-2H3. The van der Waals surface area contributed by atoms with Crippen LogP contribution in [-0.2, 0) is 14.3 Å². The smallest absolute Gasteiger partial charge is 0.231 e. The second kappa shape index (κ2) is 6.68. The summed E-state index contributed by atoms with van der Waals surface area (Å²) >= 11 is 0. The summed E-state index contributed by atoms with van der Waals surface area (Å²) in [7, 11) is 1.69. The van der Waals surface area contributed by atoms with E-state index in [9.17, 15) is 4.79 Å². The van der Waals surface area contributed by atoms with Gasteiger partial charge in [-0.15, -0.1) is 0 Å². The van der Waals surface area contributed by atoms with Crippen molar-refractivity contribution in [3.63, 3.8) is 0 Å². The molecule has 0 saturated carbocycles. The van der Waals surface area contributed by atoms with Crippen LogP contribution in [0.1, 0.15) is 26.2 Å². The zero-order chi connectivity index (χ0) is 13.7. The highest BCUT2D eigenvalue weighted by Gasteiger charge is 2.42. The third-order valence-corrected chi connectivity index (χ3v) is 4.17. The molecule has 0 aromatic heterocycles. The van der Waals surface area contributed by atoms with Gasteiger partial charge in [-0.25, -0.2) is 0 Å². The SMILES string of the molecule is COCC1(C(=O)N2CCCOC(C)C2)CCNCC1. The lowest BCUT2D eigenvalue weighted by Gasteiger charge is -2.39. The van der Waals surface area contributed by atoms with Crippen molar-refractivity contribution < 1.29 is 14.3 Å². The van der Waals surface area contributed by atoms with Crippen molar-refractivity contribution in [1.82, 2.24) is 10.2 Å². The highest BCUT2D eigenvalue weighted by Crippen LogP contribution is 2.32. The maximum Gasteiger partial charge on any atom is 0.231 e. The van der Waals surface area contributed by atoms with E-state index < -0.39 is 0 Å². The van der Waals surface area contributed by atoms with Crippen molar-refractivity contribution in [2.45, 2.75) is 32.3 Å². The first kappa shape index (κ1) is 14.8. The predicted molar refractivity (Wildman–Crippen MR) is 73.0 cm³/mol. The summed E-state index contributed by atoms with van der Waals surface area (Å²) in [4.78, 5) is 14.9. The van der Waals surface area contributed by atoms with Gasteiger partial charge in [0.15, 0.2) is 0 Å². The van der Waals surface area contributed by atoms with Crippen LogP contribution in [-0.4, -0.2) is 63.4 Å². The van der Waals surface area contributed by atoms with Crippen LogP contribution < -0.4 is 5.32 Å². The Balaban J connectivity index is 2.09. The lowest BCUT2D eigenvalue weighted by molar-refractivity contribution is -0.148. The molecule has 5 heteroatoms. The van der Waals surface area contributed by atoms with E-state index >= 15 is 0 Å². The van der Waals surface area contributed by atoms with Crippen LogP contribution in [0.4, 0.5) is 0 Å². The van der Waals surface area contributed by atoms with Crippen molar-refractivity contribution >= 4 is 5.91 Å². The Kier molecular flexibility index (Phi) is 5.19. The van der Waals surface area contributed by atoms with Crippen molar-refractivity contribution in [2.75, 3.05) is 46.5 Å². The molecular formula is C14H26N2O3. The Bertz CT molecular complexity index is 298. The fraction of sp³-hybridized carbons (Fsp3) is 0.929. The van der Waals surface area contributed by atoms with E-state index in [4.69, 9.17) is 9.47 Å². The molecule has 0 radical (unpaired) electrons. The second-order valence-electron chi connectivity index (χ2n) is 5.75. The molecule has 2 aliphatic rings. The highest BCUT2D eigenvalue weighted by molar-refractivity contribution is 5.83. The maximum absolute atomic E-state index is 12.9. The van der Waals surface area contributed by atoms with Gasteiger partial charge in [-0.05, 0) is 39.3 Å². The number of carbonyl (C=O) groups is 1. The Labute approximate surface area is 115 Å². The molecule has 0 aromatic rings. The number of amides is 1. The molecule has 0 spiro atoms. The fourth-order valence-corrected chi connectivity index (χ4v) is 3.12. The molecule has 2 aliphatic heterocycles. The van der Waals surface area contributed by atoms with E-state index in [-0.39, 0.29) is 17.4 Å². The van der Waals surface area contributed by atoms with E-state index in [1.807, 2.05) is 11.8 Å². The second-order valence-corrected chi connectivity index (χ2v) is 5.75. The van der Waals surface area contributed by atoms with Gasteiger partial charge in [0.25, 0.3) is 0 Å². The molecule has 1 N–H and O–H groups in total. The summed E-state index contributed by atoms with van der Waals surface area (Å²) in [6.07, 6.45) is 2.79. The van der Waals surface area contributed by atoms with Gasteiger partial charge in [-0.3, -0.25) is 4.79 Å². The summed E-state index contributed by atoms with van der Waals surface area (Å²) in [5.41, 5.74) is -0.329. The molecule has 2 fully saturated rings. The van der Waals surface area contributed by atoms with Gasteiger partial charge in [0, 0.05) is 26.8 Å². The third kappa shape index (κ3) is 3.46. The van der Waals surface area contributed by atoms with Crippen LogP contribution in [0.15, 0.2) is 0 Å². The molecule has 1 unspecified atom stereocenters. The molecular weight excluding hydrogens is 244 g/mol.